The van der Waals surface area contributed by atoms with E-state index in [2.05, 4.69) is 0 Å². The van der Waals surface area contributed by atoms with Gasteiger partial charge in [-0.3, -0.25) is 14.4 Å². The molecule has 6 rings (SSSR count). The van der Waals surface area contributed by atoms with E-state index in [-0.39, 0.29) is 30.4 Å². The number of allylic oxidation sites excluding steroid dienone is 4. The maximum atomic E-state index is 15.2. The fourth-order valence-electron chi connectivity index (χ4n) is 9.08. The lowest BCUT2D eigenvalue weighted by atomic mass is 9.50. The first-order chi connectivity index (χ1) is 20.6. The first kappa shape index (κ1) is 30.9. The SMILES string of the molecule is C[C@]12C[C@H](c3ccc(C(=O)N4CCC(C(=O)O)CC4)cc3)C3=C4CCC(=O)C=C4CC[C@H]3[C@@H]1CC[C@@]2(O)C(F)(F)C(F)(F)F. The van der Waals surface area contributed by atoms with Gasteiger partial charge in [-0.25, -0.2) is 0 Å². The monoisotopic (exact) mass is 621 g/mol. The zero-order valence-corrected chi connectivity index (χ0v) is 24.4. The minimum Gasteiger partial charge on any atom is -0.481 e. The minimum absolute atomic E-state index is 0.00955. The summed E-state index contributed by atoms with van der Waals surface area (Å²) in [5, 5.41) is 20.7. The van der Waals surface area contributed by atoms with Gasteiger partial charge in [0, 0.05) is 36.4 Å². The molecule has 1 saturated heterocycles. The first-order valence-corrected chi connectivity index (χ1v) is 15.3. The van der Waals surface area contributed by atoms with Crippen LogP contribution in [0.2, 0.25) is 0 Å². The maximum absolute atomic E-state index is 15.2. The number of alkyl halides is 5. The van der Waals surface area contributed by atoms with Crippen molar-refractivity contribution in [2.75, 3.05) is 13.1 Å². The molecule has 5 atom stereocenters. The quantitative estimate of drug-likeness (QED) is 0.377. The van der Waals surface area contributed by atoms with Crippen molar-refractivity contribution >= 4 is 17.7 Å². The second-order valence-corrected chi connectivity index (χ2v) is 13.5. The number of likely N-dealkylation sites (tertiary alicyclic amines) is 1. The van der Waals surface area contributed by atoms with Gasteiger partial charge in [0.05, 0.1) is 5.92 Å². The number of amides is 1. The maximum Gasteiger partial charge on any atom is 0.456 e. The van der Waals surface area contributed by atoms with Crippen LogP contribution < -0.4 is 0 Å². The average molecular weight is 622 g/mol. The molecular formula is C33H36F5NO5. The highest BCUT2D eigenvalue weighted by Gasteiger charge is 2.79. The van der Waals surface area contributed by atoms with Crippen LogP contribution in [0.5, 0.6) is 0 Å². The van der Waals surface area contributed by atoms with Crippen molar-refractivity contribution in [1.82, 2.24) is 4.90 Å². The van der Waals surface area contributed by atoms with E-state index in [4.69, 9.17) is 0 Å². The third kappa shape index (κ3) is 4.55. The number of carboxylic acids is 1. The van der Waals surface area contributed by atoms with E-state index in [1.165, 1.54) is 6.92 Å². The summed E-state index contributed by atoms with van der Waals surface area (Å²) >= 11 is 0. The van der Waals surface area contributed by atoms with Crippen LogP contribution in [0.25, 0.3) is 0 Å². The number of carbonyl (C=O) groups is 3. The van der Waals surface area contributed by atoms with Crippen molar-refractivity contribution < 1.29 is 46.5 Å². The topological polar surface area (TPSA) is 94.9 Å². The molecule has 0 radical (unpaired) electrons. The van der Waals surface area contributed by atoms with Gasteiger partial charge in [0.25, 0.3) is 5.91 Å². The van der Waals surface area contributed by atoms with E-state index < -0.39 is 53.3 Å². The van der Waals surface area contributed by atoms with Gasteiger partial charge in [-0.1, -0.05) is 24.6 Å². The Hall–Kier alpha value is -3.08. The number of aliphatic hydroxyl groups is 1. The normalized spacial score (nSPS) is 33.0. The number of benzene rings is 1. The van der Waals surface area contributed by atoms with Gasteiger partial charge in [0.1, 0.15) is 5.60 Å². The van der Waals surface area contributed by atoms with Crippen LogP contribution in [0.3, 0.4) is 0 Å². The number of hydrogen-bond acceptors (Lipinski definition) is 4. The van der Waals surface area contributed by atoms with E-state index in [9.17, 15) is 37.8 Å². The molecule has 0 spiro atoms. The van der Waals surface area contributed by atoms with Crippen LogP contribution in [0.4, 0.5) is 22.0 Å². The molecule has 1 aromatic rings. The van der Waals surface area contributed by atoms with Crippen molar-refractivity contribution in [3.8, 4) is 0 Å². The number of nitrogens with zero attached hydrogens (tertiary/aromatic N) is 1. The van der Waals surface area contributed by atoms with Gasteiger partial charge in [-0.2, -0.15) is 22.0 Å². The molecule has 0 aromatic heterocycles. The molecule has 4 aliphatic carbocycles. The Morgan fingerprint density at radius 2 is 1.61 bits per heavy atom. The predicted molar refractivity (Wildman–Crippen MR) is 149 cm³/mol. The molecule has 0 bridgehead atoms. The Balaban J connectivity index is 1.38. The highest BCUT2D eigenvalue weighted by molar-refractivity contribution is 5.94. The standard InChI is InChI=1S/C33H36F5NO5/c1-30-17-25(18-2-4-19(5-3-18)28(41)39-14-11-20(12-15-39)29(42)43)27-23-9-7-22(40)16-21(23)6-8-24(27)26(30)10-13-31(30,44)32(34,35)33(36,37)38/h2-5,16,20,24-26,44H,6-15,17H2,1H3,(H,42,43)/t24-,25+,26-,30-,31-/m0/s1. The summed E-state index contributed by atoms with van der Waals surface area (Å²) in [4.78, 5) is 38.3. The molecule has 44 heavy (non-hydrogen) atoms. The van der Waals surface area contributed by atoms with Gasteiger partial charge in [0.2, 0.25) is 0 Å². The van der Waals surface area contributed by atoms with Crippen LogP contribution in [-0.4, -0.2) is 63.6 Å². The fraction of sp³-hybridized carbons (Fsp3) is 0.606. The van der Waals surface area contributed by atoms with Gasteiger partial charge in [0.15, 0.2) is 5.78 Å². The molecule has 0 unspecified atom stereocenters. The molecule has 1 aliphatic heterocycles. The number of halogens is 5. The Morgan fingerprint density at radius 3 is 2.23 bits per heavy atom. The summed E-state index contributed by atoms with van der Waals surface area (Å²) in [5.41, 5.74) is -1.18. The fourth-order valence-corrected chi connectivity index (χ4v) is 9.08. The first-order valence-electron chi connectivity index (χ1n) is 15.3. The van der Waals surface area contributed by atoms with Crippen LogP contribution in [0, 0.1) is 23.2 Å². The number of hydrogen-bond donors (Lipinski definition) is 2. The Bertz CT molecular complexity index is 1440. The van der Waals surface area contributed by atoms with E-state index in [0.717, 1.165) is 16.7 Å². The minimum atomic E-state index is -5.92. The molecule has 2 saturated carbocycles. The van der Waals surface area contributed by atoms with E-state index >= 15 is 8.78 Å². The lowest BCUT2D eigenvalue weighted by molar-refractivity contribution is -0.362. The van der Waals surface area contributed by atoms with Crippen molar-refractivity contribution in [3.05, 3.63) is 58.2 Å². The Morgan fingerprint density at radius 1 is 0.955 bits per heavy atom. The van der Waals surface area contributed by atoms with Gasteiger partial charge in [-0.15, -0.1) is 0 Å². The lowest BCUT2D eigenvalue weighted by Gasteiger charge is -2.56. The molecule has 1 amide bonds. The molecule has 5 aliphatic rings. The van der Waals surface area contributed by atoms with Crippen LogP contribution in [0.15, 0.2) is 47.1 Å². The molecule has 11 heteroatoms. The Labute approximate surface area is 252 Å². The van der Waals surface area contributed by atoms with Crippen molar-refractivity contribution in [3.63, 3.8) is 0 Å². The molecule has 238 valence electrons. The predicted octanol–water partition coefficient (Wildman–Crippen LogP) is 6.45. The van der Waals surface area contributed by atoms with Gasteiger partial charge < -0.3 is 15.1 Å². The van der Waals surface area contributed by atoms with E-state index in [1.807, 2.05) is 0 Å². The third-order valence-electron chi connectivity index (χ3n) is 11.5. The number of carboxylic acid groups (broad SMARTS) is 1. The summed E-state index contributed by atoms with van der Waals surface area (Å²) in [6, 6.07) is 6.64. The molecule has 3 fully saturated rings. The summed E-state index contributed by atoms with van der Waals surface area (Å²) in [7, 11) is 0. The second-order valence-electron chi connectivity index (χ2n) is 13.5. The smallest absolute Gasteiger partial charge is 0.456 e. The number of rotatable bonds is 4. The van der Waals surface area contributed by atoms with Crippen LogP contribution >= 0.6 is 0 Å². The molecule has 6 nitrogen and oxygen atoms in total. The van der Waals surface area contributed by atoms with E-state index in [0.29, 0.717) is 62.7 Å². The number of carbonyl (C=O) groups excluding carboxylic acids is 2. The van der Waals surface area contributed by atoms with Crippen molar-refractivity contribution in [1.29, 1.82) is 0 Å². The van der Waals surface area contributed by atoms with Crippen LogP contribution in [0.1, 0.15) is 86.6 Å². The van der Waals surface area contributed by atoms with Crippen LogP contribution in [-0.2, 0) is 9.59 Å². The molecular weight excluding hydrogens is 585 g/mol. The van der Waals surface area contributed by atoms with E-state index in [1.54, 1.807) is 35.2 Å². The molecule has 1 heterocycles. The second kappa shape index (κ2) is 10.5. The summed E-state index contributed by atoms with van der Waals surface area (Å²) in [5.74, 6) is -8.44. The third-order valence-corrected chi connectivity index (χ3v) is 11.5. The number of ketones is 1. The van der Waals surface area contributed by atoms with Gasteiger partial charge in [-0.05, 0) is 98.1 Å². The number of piperidine rings is 1. The molecule has 2 N–H and O–H groups in total. The zero-order chi connectivity index (χ0) is 31.8. The summed E-state index contributed by atoms with van der Waals surface area (Å²) < 4.78 is 71.7. The molecule has 1 aromatic carbocycles. The average Bonchev–Trinajstić information content (AvgIpc) is 3.27. The zero-order valence-electron chi connectivity index (χ0n) is 24.4. The summed E-state index contributed by atoms with van der Waals surface area (Å²) in [6.07, 6.45) is -2.56. The Kier molecular flexibility index (Phi) is 7.37. The highest BCUT2D eigenvalue weighted by Crippen LogP contribution is 2.70. The van der Waals surface area contributed by atoms with Crippen molar-refractivity contribution in [2.45, 2.75) is 88.3 Å². The number of aliphatic carboxylic acids is 1. The largest absolute Gasteiger partial charge is 0.481 e. The number of fused-ring (bicyclic) bond motifs is 4. The van der Waals surface area contributed by atoms with Gasteiger partial charge >= 0.3 is 18.1 Å². The highest BCUT2D eigenvalue weighted by atomic mass is 19.4. The summed E-state index contributed by atoms with van der Waals surface area (Å²) in [6.45, 7) is 1.99. The lowest BCUT2D eigenvalue weighted by Crippen LogP contribution is -2.65. The van der Waals surface area contributed by atoms with Crippen molar-refractivity contribution in [2.24, 2.45) is 23.2 Å².